The van der Waals surface area contributed by atoms with Crippen LogP contribution in [0, 0.1) is 0 Å². The zero-order chi connectivity index (χ0) is 9.72. The monoisotopic (exact) mass is 193 g/mol. The van der Waals surface area contributed by atoms with E-state index in [1.807, 2.05) is 0 Å². The van der Waals surface area contributed by atoms with Crippen LogP contribution in [-0.4, -0.2) is 39.7 Å². The molecule has 0 aromatic rings. The third kappa shape index (κ3) is 3.59. The smallest absolute Gasteiger partial charge is 0.320 e. The molecule has 0 amide bonds. The molecular formula is C6H11NO4S. The van der Waals surface area contributed by atoms with Gasteiger partial charge in [0.15, 0.2) is 0 Å². The first kappa shape index (κ1) is 11.2. The minimum atomic E-state index is -1.17. The number of carbonyl (C=O) groups is 2. The second-order valence-corrected chi connectivity index (χ2v) is 3.28. The maximum Gasteiger partial charge on any atom is 0.320 e. The standard InChI is InChI=1S/C6H11NO4S/c1-12-4(6(10)11)2-3(7)5(8)9/h3-4H,2,7H2,1H3,(H,8,9)(H,10,11)/t3-,4?/m0/s1. The topological polar surface area (TPSA) is 101 Å². The molecule has 6 heteroatoms. The second-order valence-electron chi connectivity index (χ2n) is 2.24. The molecule has 2 atom stereocenters. The van der Waals surface area contributed by atoms with Crippen molar-refractivity contribution in [1.29, 1.82) is 0 Å². The highest BCUT2D eigenvalue weighted by molar-refractivity contribution is 7.99. The lowest BCUT2D eigenvalue weighted by molar-refractivity contribution is -0.139. The summed E-state index contributed by atoms with van der Waals surface area (Å²) in [5.74, 6) is -2.20. The maximum atomic E-state index is 10.4. The van der Waals surface area contributed by atoms with Gasteiger partial charge in [-0.25, -0.2) is 0 Å². The van der Waals surface area contributed by atoms with Crippen LogP contribution >= 0.6 is 11.8 Å². The first-order valence-corrected chi connectivity index (χ1v) is 4.51. The van der Waals surface area contributed by atoms with Crippen molar-refractivity contribution in [1.82, 2.24) is 0 Å². The molecule has 0 radical (unpaired) electrons. The fourth-order valence-electron chi connectivity index (χ4n) is 0.629. The van der Waals surface area contributed by atoms with Crippen LogP contribution in [0.1, 0.15) is 6.42 Å². The summed E-state index contributed by atoms with van der Waals surface area (Å²) in [5, 5.41) is 16.2. The Morgan fingerprint density at radius 1 is 1.42 bits per heavy atom. The van der Waals surface area contributed by atoms with Gasteiger partial charge in [0.1, 0.15) is 11.3 Å². The molecule has 0 aliphatic carbocycles. The Balaban J connectivity index is 4.02. The molecular weight excluding hydrogens is 182 g/mol. The minimum absolute atomic E-state index is 0.0498. The van der Waals surface area contributed by atoms with Gasteiger partial charge in [-0.1, -0.05) is 0 Å². The Morgan fingerprint density at radius 2 is 1.92 bits per heavy atom. The van der Waals surface area contributed by atoms with E-state index in [1.54, 1.807) is 6.26 Å². The fraction of sp³-hybridized carbons (Fsp3) is 0.667. The Hall–Kier alpha value is -0.750. The zero-order valence-corrected chi connectivity index (χ0v) is 7.37. The van der Waals surface area contributed by atoms with Gasteiger partial charge in [0.25, 0.3) is 0 Å². The highest BCUT2D eigenvalue weighted by Gasteiger charge is 2.22. The summed E-state index contributed by atoms with van der Waals surface area (Å²) in [7, 11) is 0. The molecule has 0 aliphatic heterocycles. The van der Waals surface area contributed by atoms with Crippen LogP contribution in [0.25, 0.3) is 0 Å². The van der Waals surface area contributed by atoms with Crippen molar-refractivity contribution < 1.29 is 19.8 Å². The number of rotatable bonds is 5. The van der Waals surface area contributed by atoms with E-state index in [2.05, 4.69) is 0 Å². The van der Waals surface area contributed by atoms with Crippen molar-refractivity contribution in [3.63, 3.8) is 0 Å². The maximum absolute atomic E-state index is 10.4. The number of nitrogens with two attached hydrogens (primary N) is 1. The summed E-state index contributed by atoms with van der Waals surface area (Å²) in [4.78, 5) is 20.7. The lowest BCUT2D eigenvalue weighted by Gasteiger charge is -2.11. The molecule has 1 unspecified atom stereocenters. The van der Waals surface area contributed by atoms with Crippen LogP contribution in [0.2, 0.25) is 0 Å². The van der Waals surface area contributed by atoms with Gasteiger partial charge in [0.2, 0.25) is 0 Å². The van der Waals surface area contributed by atoms with E-state index in [9.17, 15) is 9.59 Å². The highest BCUT2D eigenvalue weighted by atomic mass is 32.2. The molecule has 4 N–H and O–H groups in total. The number of hydrogen-bond donors (Lipinski definition) is 3. The summed E-state index contributed by atoms with van der Waals surface area (Å²) in [6.07, 6.45) is 1.55. The molecule has 12 heavy (non-hydrogen) atoms. The Bertz CT molecular complexity index is 184. The summed E-state index contributed by atoms with van der Waals surface area (Å²) < 4.78 is 0. The van der Waals surface area contributed by atoms with E-state index >= 15 is 0 Å². The van der Waals surface area contributed by atoms with Gasteiger partial charge in [-0.05, 0) is 12.7 Å². The van der Waals surface area contributed by atoms with Crippen LogP contribution in [0.3, 0.4) is 0 Å². The van der Waals surface area contributed by atoms with Gasteiger partial charge in [0.05, 0.1) is 0 Å². The van der Waals surface area contributed by atoms with Gasteiger partial charge < -0.3 is 15.9 Å². The molecule has 5 nitrogen and oxygen atoms in total. The van der Waals surface area contributed by atoms with Gasteiger partial charge in [-0.15, -0.1) is 0 Å². The zero-order valence-electron chi connectivity index (χ0n) is 6.56. The minimum Gasteiger partial charge on any atom is -0.480 e. The second kappa shape index (κ2) is 5.00. The molecule has 0 spiro atoms. The number of carboxylic acid groups (broad SMARTS) is 2. The highest BCUT2D eigenvalue weighted by Crippen LogP contribution is 2.12. The van der Waals surface area contributed by atoms with Crippen molar-refractivity contribution in [2.45, 2.75) is 17.7 Å². The van der Waals surface area contributed by atoms with Crippen LogP contribution in [0.15, 0.2) is 0 Å². The first-order chi connectivity index (χ1) is 5.49. The summed E-state index contributed by atoms with van der Waals surface area (Å²) in [5.41, 5.74) is 5.15. The summed E-state index contributed by atoms with van der Waals surface area (Å²) in [6, 6.07) is -1.10. The largest absolute Gasteiger partial charge is 0.480 e. The predicted molar refractivity (Wildman–Crippen MR) is 45.2 cm³/mol. The normalized spacial score (nSPS) is 15.2. The number of thioether (sulfide) groups is 1. The summed E-state index contributed by atoms with van der Waals surface area (Å²) >= 11 is 1.08. The average molecular weight is 193 g/mol. The lowest BCUT2D eigenvalue weighted by atomic mass is 10.2. The Kier molecular flexibility index (Phi) is 4.68. The molecule has 0 saturated heterocycles. The number of aliphatic carboxylic acids is 2. The van der Waals surface area contributed by atoms with E-state index in [4.69, 9.17) is 15.9 Å². The molecule has 70 valence electrons. The molecule has 0 saturated carbocycles. The van der Waals surface area contributed by atoms with Crippen molar-refractivity contribution in [3.05, 3.63) is 0 Å². The molecule has 0 aromatic carbocycles. The van der Waals surface area contributed by atoms with E-state index in [0.717, 1.165) is 11.8 Å². The summed E-state index contributed by atoms with van der Waals surface area (Å²) in [6.45, 7) is 0. The molecule has 0 aliphatic rings. The van der Waals surface area contributed by atoms with Gasteiger partial charge in [-0.3, -0.25) is 9.59 Å². The molecule has 0 fully saturated rings. The SMILES string of the molecule is CSC(C[C@H](N)C(=O)O)C(=O)O. The van der Waals surface area contributed by atoms with Gasteiger partial charge in [0, 0.05) is 0 Å². The van der Waals surface area contributed by atoms with Crippen LogP contribution < -0.4 is 5.73 Å². The Labute approximate surface area is 73.9 Å². The van der Waals surface area contributed by atoms with Gasteiger partial charge >= 0.3 is 11.9 Å². The number of carboxylic acids is 2. The Morgan fingerprint density at radius 3 is 2.17 bits per heavy atom. The van der Waals surface area contributed by atoms with Gasteiger partial charge in [-0.2, -0.15) is 11.8 Å². The first-order valence-electron chi connectivity index (χ1n) is 3.23. The van der Waals surface area contributed by atoms with Crippen LogP contribution in [-0.2, 0) is 9.59 Å². The average Bonchev–Trinajstić information content (AvgIpc) is 1.98. The molecule has 0 rings (SSSR count). The fourth-order valence-corrected chi connectivity index (χ4v) is 1.23. The lowest BCUT2D eigenvalue weighted by Crippen LogP contribution is -2.35. The van der Waals surface area contributed by atoms with E-state index in [-0.39, 0.29) is 6.42 Å². The van der Waals surface area contributed by atoms with E-state index in [1.165, 1.54) is 0 Å². The molecule has 0 heterocycles. The number of hydrogen-bond acceptors (Lipinski definition) is 4. The van der Waals surface area contributed by atoms with Crippen molar-refractivity contribution in [3.8, 4) is 0 Å². The third-order valence-electron chi connectivity index (χ3n) is 1.35. The van der Waals surface area contributed by atoms with Crippen molar-refractivity contribution in [2.24, 2.45) is 5.73 Å². The molecule has 0 aromatic heterocycles. The van der Waals surface area contributed by atoms with Crippen LogP contribution in [0.5, 0.6) is 0 Å². The van der Waals surface area contributed by atoms with Crippen molar-refractivity contribution >= 4 is 23.7 Å². The van der Waals surface area contributed by atoms with E-state index in [0.29, 0.717) is 0 Å². The predicted octanol–water partition coefficient (Wildman–Crippen LogP) is -0.395. The molecule has 0 bridgehead atoms. The van der Waals surface area contributed by atoms with E-state index < -0.39 is 23.2 Å². The van der Waals surface area contributed by atoms with Crippen LogP contribution in [0.4, 0.5) is 0 Å². The quantitative estimate of drug-likeness (QED) is 0.549. The van der Waals surface area contributed by atoms with Crippen molar-refractivity contribution in [2.75, 3.05) is 6.26 Å². The third-order valence-corrected chi connectivity index (χ3v) is 2.31.